The van der Waals surface area contributed by atoms with E-state index in [1.165, 1.54) is 0 Å². The van der Waals surface area contributed by atoms with Crippen molar-refractivity contribution < 1.29 is 9.59 Å². The number of amides is 2. The second kappa shape index (κ2) is 7.22. The molecule has 0 radical (unpaired) electrons. The van der Waals surface area contributed by atoms with Crippen LogP contribution in [-0.2, 0) is 5.54 Å². The SMILES string of the molecule is C#CCNC(=O)c1ccccc1NC(=O)c1cc(C)n(C(C)(C)C)n1. The van der Waals surface area contributed by atoms with Crippen molar-refractivity contribution in [1.82, 2.24) is 15.1 Å². The van der Waals surface area contributed by atoms with E-state index >= 15 is 0 Å². The molecular weight excluding hydrogens is 316 g/mol. The number of hydrogen-bond acceptors (Lipinski definition) is 3. The molecule has 6 heteroatoms. The first-order chi connectivity index (χ1) is 11.7. The summed E-state index contributed by atoms with van der Waals surface area (Å²) in [4.78, 5) is 24.7. The predicted octanol–water partition coefficient (Wildman–Crippen LogP) is 2.56. The third-order valence-corrected chi connectivity index (χ3v) is 3.53. The molecule has 0 saturated carbocycles. The summed E-state index contributed by atoms with van der Waals surface area (Å²) >= 11 is 0. The van der Waals surface area contributed by atoms with E-state index in [9.17, 15) is 9.59 Å². The van der Waals surface area contributed by atoms with E-state index in [0.29, 0.717) is 16.9 Å². The van der Waals surface area contributed by atoms with Crippen LogP contribution >= 0.6 is 0 Å². The fourth-order valence-corrected chi connectivity index (χ4v) is 2.47. The Balaban J connectivity index is 2.25. The van der Waals surface area contributed by atoms with Crippen molar-refractivity contribution in [1.29, 1.82) is 0 Å². The van der Waals surface area contributed by atoms with E-state index < -0.39 is 0 Å². The lowest BCUT2D eigenvalue weighted by Gasteiger charge is -2.21. The average Bonchev–Trinajstić information content (AvgIpc) is 2.95. The number of benzene rings is 1. The molecule has 6 nitrogen and oxygen atoms in total. The molecule has 0 unspecified atom stereocenters. The van der Waals surface area contributed by atoms with Crippen molar-refractivity contribution in [2.75, 3.05) is 11.9 Å². The number of aryl methyl sites for hydroxylation is 1. The summed E-state index contributed by atoms with van der Waals surface area (Å²) in [5.74, 6) is 1.63. The average molecular weight is 338 g/mol. The van der Waals surface area contributed by atoms with Crippen LogP contribution in [0.4, 0.5) is 5.69 Å². The molecule has 130 valence electrons. The summed E-state index contributed by atoms with van der Waals surface area (Å²) < 4.78 is 1.80. The highest BCUT2D eigenvalue weighted by Crippen LogP contribution is 2.19. The van der Waals surface area contributed by atoms with E-state index in [4.69, 9.17) is 6.42 Å². The largest absolute Gasteiger partial charge is 0.341 e. The number of aromatic nitrogens is 2. The minimum atomic E-state index is -0.372. The normalized spacial score (nSPS) is 10.8. The highest BCUT2D eigenvalue weighted by atomic mass is 16.2. The molecule has 2 aromatic rings. The Kier molecular flexibility index (Phi) is 5.28. The molecule has 0 aliphatic heterocycles. The summed E-state index contributed by atoms with van der Waals surface area (Å²) in [6.45, 7) is 8.06. The van der Waals surface area contributed by atoms with E-state index in [2.05, 4.69) is 21.7 Å². The highest BCUT2D eigenvalue weighted by molar-refractivity contribution is 6.08. The van der Waals surface area contributed by atoms with E-state index in [-0.39, 0.29) is 23.9 Å². The van der Waals surface area contributed by atoms with E-state index in [1.54, 1.807) is 35.0 Å². The minimum absolute atomic E-state index is 0.121. The number of nitrogens with one attached hydrogen (secondary N) is 2. The summed E-state index contributed by atoms with van der Waals surface area (Å²) in [5.41, 5.74) is 1.71. The summed E-state index contributed by atoms with van der Waals surface area (Å²) in [7, 11) is 0. The number of hydrogen-bond donors (Lipinski definition) is 2. The molecule has 0 atom stereocenters. The molecule has 1 aromatic heterocycles. The molecule has 2 rings (SSSR count). The maximum absolute atomic E-state index is 12.5. The second-order valence-corrected chi connectivity index (χ2v) is 6.64. The van der Waals surface area contributed by atoms with Gasteiger partial charge in [0.05, 0.1) is 23.3 Å². The van der Waals surface area contributed by atoms with Crippen LogP contribution < -0.4 is 10.6 Å². The van der Waals surface area contributed by atoms with Crippen LogP contribution in [0.2, 0.25) is 0 Å². The lowest BCUT2D eigenvalue weighted by atomic mass is 10.1. The Bertz CT molecular complexity index is 838. The standard InChI is InChI=1S/C19H22N4O2/c1-6-11-20-17(24)14-9-7-8-10-15(14)21-18(25)16-12-13(2)23(22-16)19(3,4)5/h1,7-10,12H,11H2,2-5H3,(H,20,24)(H,21,25). The zero-order valence-corrected chi connectivity index (χ0v) is 14.9. The fourth-order valence-electron chi connectivity index (χ4n) is 2.47. The van der Waals surface area contributed by atoms with Gasteiger partial charge in [-0.05, 0) is 45.9 Å². The van der Waals surface area contributed by atoms with E-state index in [0.717, 1.165) is 5.69 Å². The van der Waals surface area contributed by atoms with Crippen LogP contribution in [0.3, 0.4) is 0 Å². The van der Waals surface area contributed by atoms with Gasteiger partial charge in [-0.3, -0.25) is 14.3 Å². The fraction of sp³-hybridized carbons (Fsp3) is 0.316. The number of rotatable bonds is 4. The molecule has 2 N–H and O–H groups in total. The van der Waals surface area contributed by atoms with Crippen molar-refractivity contribution >= 4 is 17.5 Å². The van der Waals surface area contributed by atoms with Crippen molar-refractivity contribution in [2.24, 2.45) is 0 Å². The van der Waals surface area contributed by atoms with Crippen LogP contribution in [0.25, 0.3) is 0 Å². The number of carbonyl (C=O) groups is 2. The quantitative estimate of drug-likeness (QED) is 0.841. The molecule has 1 heterocycles. The Morgan fingerprint density at radius 3 is 2.52 bits per heavy atom. The molecule has 0 saturated heterocycles. The summed E-state index contributed by atoms with van der Waals surface area (Å²) in [5, 5.41) is 9.72. The van der Waals surface area contributed by atoms with Gasteiger partial charge < -0.3 is 10.6 Å². The first-order valence-electron chi connectivity index (χ1n) is 7.93. The van der Waals surface area contributed by atoms with Gasteiger partial charge >= 0.3 is 0 Å². The number of carbonyl (C=O) groups excluding carboxylic acids is 2. The molecule has 2 amide bonds. The lowest BCUT2D eigenvalue weighted by Crippen LogP contribution is -2.26. The Morgan fingerprint density at radius 1 is 1.24 bits per heavy atom. The van der Waals surface area contributed by atoms with Gasteiger partial charge in [-0.1, -0.05) is 18.1 Å². The van der Waals surface area contributed by atoms with Crippen LogP contribution in [0.1, 0.15) is 47.3 Å². The molecule has 0 spiro atoms. The van der Waals surface area contributed by atoms with Crippen LogP contribution in [-0.4, -0.2) is 28.1 Å². The smallest absolute Gasteiger partial charge is 0.276 e. The van der Waals surface area contributed by atoms with Gasteiger partial charge in [-0.2, -0.15) is 5.10 Å². The highest BCUT2D eigenvalue weighted by Gasteiger charge is 2.21. The number of terminal acetylenes is 1. The topological polar surface area (TPSA) is 76.0 Å². The third-order valence-electron chi connectivity index (χ3n) is 3.53. The van der Waals surface area contributed by atoms with Crippen molar-refractivity contribution in [3.05, 3.63) is 47.3 Å². The zero-order valence-electron chi connectivity index (χ0n) is 14.9. The van der Waals surface area contributed by atoms with E-state index in [1.807, 2.05) is 27.7 Å². The molecule has 25 heavy (non-hydrogen) atoms. The van der Waals surface area contributed by atoms with Crippen LogP contribution in [0, 0.1) is 19.3 Å². The number of anilines is 1. The number of nitrogens with zero attached hydrogens (tertiary/aromatic N) is 2. The monoisotopic (exact) mass is 338 g/mol. The van der Waals surface area contributed by atoms with Gasteiger partial charge in [0.25, 0.3) is 11.8 Å². The van der Waals surface area contributed by atoms with Crippen LogP contribution in [0.15, 0.2) is 30.3 Å². The van der Waals surface area contributed by atoms with Crippen molar-refractivity contribution in [2.45, 2.75) is 33.2 Å². The van der Waals surface area contributed by atoms with Gasteiger partial charge in [-0.25, -0.2) is 0 Å². The maximum Gasteiger partial charge on any atom is 0.276 e. The molecule has 0 aliphatic carbocycles. The Hall–Kier alpha value is -3.07. The summed E-state index contributed by atoms with van der Waals surface area (Å²) in [6.07, 6.45) is 5.16. The lowest BCUT2D eigenvalue weighted by molar-refractivity contribution is 0.0959. The molecule has 0 bridgehead atoms. The third kappa shape index (κ3) is 4.27. The van der Waals surface area contributed by atoms with Gasteiger partial charge in [0, 0.05) is 5.69 Å². The Labute approximate surface area is 147 Å². The molecule has 0 aliphatic rings. The van der Waals surface area contributed by atoms with Gasteiger partial charge in [0.1, 0.15) is 0 Å². The maximum atomic E-state index is 12.5. The number of para-hydroxylation sites is 1. The van der Waals surface area contributed by atoms with Gasteiger partial charge in [0.15, 0.2) is 5.69 Å². The first-order valence-corrected chi connectivity index (χ1v) is 7.93. The van der Waals surface area contributed by atoms with Crippen LogP contribution in [0.5, 0.6) is 0 Å². The van der Waals surface area contributed by atoms with Gasteiger partial charge in [-0.15, -0.1) is 6.42 Å². The molecular formula is C19H22N4O2. The first kappa shape index (κ1) is 18.3. The second-order valence-electron chi connectivity index (χ2n) is 6.64. The van der Waals surface area contributed by atoms with Crippen molar-refractivity contribution in [3.8, 4) is 12.3 Å². The van der Waals surface area contributed by atoms with Crippen molar-refractivity contribution in [3.63, 3.8) is 0 Å². The summed E-state index contributed by atoms with van der Waals surface area (Å²) in [6, 6.07) is 8.48. The Morgan fingerprint density at radius 2 is 1.92 bits per heavy atom. The van der Waals surface area contributed by atoms with Gasteiger partial charge in [0.2, 0.25) is 0 Å². The minimum Gasteiger partial charge on any atom is -0.341 e. The molecule has 1 aromatic carbocycles. The molecule has 0 fully saturated rings. The zero-order chi connectivity index (χ0) is 18.6. The predicted molar refractivity (Wildman–Crippen MR) is 97.5 cm³/mol.